The van der Waals surface area contributed by atoms with Crippen LogP contribution in [0.15, 0.2) is 73.1 Å². The zero-order valence-electron chi connectivity index (χ0n) is 21.9. The molecule has 0 saturated heterocycles. The van der Waals surface area contributed by atoms with Crippen molar-refractivity contribution < 1.29 is 23.9 Å². The van der Waals surface area contributed by atoms with Crippen LogP contribution in [0.25, 0.3) is 0 Å². The van der Waals surface area contributed by atoms with E-state index in [4.69, 9.17) is 17.0 Å². The predicted octanol–water partition coefficient (Wildman–Crippen LogP) is 3.30. The van der Waals surface area contributed by atoms with Crippen molar-refractivity contribution in [2.45, 2.75) is 32.2 Å². The Hall–Kier alpha value is -4.64. The van der Waals surface area contributed by atoms with E-state index in [1.54, 1.807) is 66.7 Å². The number of thiocarbonyl (C=S) groups is 1. The Morgan fingerprint density at radius 2 is 1.88 bits per heavy atom. The first-order valence-electron chi connectivity index (χ1n) is 12.8. The van der Waals surface area contributed by atoms with Gasteiger partial charge in [0.15, 0.2) is 5.11 Å². The van der Waals surface area contributed by atoms with E-state index in [-0.39, 0.29) is 30.0 Å². The van der Waals surface area contributed by atoms with E-state index in [0.717, 1.165) is 5.56 Å². The zero-order valence-corrected chi connectivity index (χ0v) is 22.7. The molecule has 11 heteroatoms. The molecule has 2 heterocycles. The summed E-state index contributed by atoms with van der Waals surface area (Å²) in [6, 6.07) is 16.9. The first-order chi connectivity index (χ1) is 19.3. The van der Waals surface area contributed by atoms with Gasteiger partial charge in [-0.3, -0.25) is 29.5 Å². The molecule has 0 bridgehead atoms. The van der Waals surface area contributed by atoms with Crippen molar-refractivity contribution in [3.63, 3.8) is 0 Å². The molecule has 0 fully saturated rings. The minimum atomic E-state index is -0.679. The molecule has 40 heavy (non-hydrogen) atoms. The highest BCUT2D eigenvalue weighted by Gasteiger charge is 2.28. The minimum Gasteiger partial charge on any atom is -0.466 e. The highest BCUT2D eigenvalue weighted by molar-refractivity contribution is 7.80. The number of rotatable bonds is 9. The van der Waals surface area contributed by atoms with Crippen molar-refractivity contribution >= 4 is 52.4 Å². The third-order valence-electron chi connectivity index (χ3n) is 6.21. The van der Waals surface area contributed by atoms with Crippen molar-refractivity contribution in [3.8, 4) is 0 Å². The number of nitrogens with zero attached hydrogens (tertiary/aromatic N) is 2. The Kier molecular flexibility index (Phi) is 9.53. The Morgan fingerprint density at radius 1 is 1.07 bits per heavy atom. The van der Waals surface area contributed by atoms with Gasteiger partial charge in [-0.05, 0) is 67.0 Å². The van der Waals surface area contributed by atoms with Crippen LogP contribution >= 0.6 is 12.2 Å². The van der Waals surface area contributed by atoms with Crippen molar-refractivity contribution in [1.82, 2.24) is 15.6 Å². The number of anilines is 2. The molecule has 1 aliphatic rings. The van der Waals surface area contributed by atoms with E-state index in [2.05, 4.69) is 20.9 Å². The maximum atomic E-state index is 13.2. The largest absolute Gasteiger partial charge is 0.466 e. The summed E-state index contributed by atoms with van der Waals surface area (Å²) in [4.78, 5) is 56.1. The normalized spacial score (nSPS) is 12.6. The van der Waals surface area contributed by atoms with Crippen molar-refractivity contribution in [2.24, 2.45) is 0 Å². The number of nitrogens with one attached hydrogen (secondary N) is 3. The lowest BCUT2D eigenvalue weighted by Gasteiger charge is -2.21. The summed E-state index contributed by atoms with van der Waals surface area (Å²) in [7, 11) is 0. The van der Waals surface area contributed by atoms with Gasteiger partial charge in [-0.1, -0.05) is 30.3 Å². The summed E-state index contributed by atoms with van der Waals surface area (Å²) in [5.74, 6) is -1.70. The van der Waals surface area contributed by atoms with Gasteiger partial charge in [0.2, 0.25) is 11.8 Å². The number of pyridine rings is 1. The van der Waals surface area contributed by atoms with Crippen LogP contribution in [0, 0.1) is 0 Å². The van der Waals surface area contributed by atoms with Crippen LogP contribution in [0.2, 0.25) is 0 Å². The fourth-order valence-corrected chi connectivity index (χ4v) is 4.55. The van der Waals surface area contributed by atoms with Gasteiger partial charge < -0.3 is 20.3 Å². The average molecular weight is 560 g/mol. The van der Waals surface area contributed by atoms with Gasteiger partial charge in [0.05, 0.1) is 19.1 Å². The molecule has 0 spiro atoms. The number of carbonyl (C=O) groups is 4. The molecular weight excluding hydrogens is 530 g/mol. The summed E-state index contributed by atoms with van der Waals surface area (Å²) in [5, 5.41) is 8.50. The van der Waals surface area contributed by atoms with Crippen LogP contribution in [0.5, 0.6) is 0 Å². The molecule has 1 unspecified atom stereocenters. The second-order valence-electron chi connectivity index (χ2n) is 9.01. The number of hydrogen-bond donors (Lipinski definition) is 3. The first kappa shape index (κ1) is 28.4. The number of esters is 1. The quantitative estimate of drug-likeness (QED) is 0.207. The summed E-state index contributed by atoms with van der Waals surface area (Å²) in [5.41, 5.74) is 3.31. The highest BCUT2D eigenvalue weighted by Crippen LogP contribution is 2.31. The van der Waals surface area contributed by atoms with Crippen LogP contribution < -0.4 is 20.9 Å². The van der Waals surface area contributed by atoms with Gasteiger partial charge in [0.1, 0.15) is 6.42 Å². The third kappa shape index (κ3) is 7.48. The highest BCUT2D eigenvalue weighted by atomic mass is 32.1. The standard InChI is InChI=1S/C29H29N5O5S/c1-2-39-27(37)16-23(21-9-6-13-30-18-21)32-25(35)17-26(36)34-14-12-19-10-11-22(15-24(19)34)31-29(40)33-28(38)20-7-4-3-5-8-20/h3-11,13,15,18,23H,2,12,14,16-17H2,1H3,(H,32,35)(H2,31,33,38,40). The molecule has 2 aromatic carbocycles. The van der Waals surface area contributed by atoms with E-state index in [1.807, 2.05) is 18.2 Å². The molecule has 3 aromatic rings. The molecule has 0 aliphatic carbocycles. The van der Waals surface area contributed by atoms with Crippen LogP contribution in [0.1, 0.15) is 47.3 Å². The Labute approximate surface area is 237 Å². The summed E-state index contributed by atoms with van der Waals surface area (Å²) >= 11 is 5.29. The molecule has 0 saturated carbocycles. The number of amides is 3. The second-order valence-corrected chi connectivity index (χ2v) is 9.41. The van der Waals surface area contributed by atoms with E-state index < -0.39 is 24.3 Å². The van der Waals surface area contributed by atoms with Gasteiger partial charge in [-0.25, -0.2) is 0 Å². The van der Waals surface area contributed by atoms with Gasteiger partial charge in [0.25, 0.3) is 5.91 Å². The van der Waals surface area contributed by atoms with Crippen LogP contribution in [-0.4, -0.2) is 46.9 Å². The van der Waals surface area contributed by atoms with Crippen molar-refractivity contribution in [2.75, 3.05) is 23.4 Å². The van der Waals surface area contributed by atoms with Gasteiger partial charge in [-0.2, -0.15) is 0 Å². The number of fused-ring (bicyclic) bond motifs is 1. The van der Waals surface area contributed by atoms with Crippen molar-refractivity contribution in [1.29, 1.82) is 0 Å². The monoisotopic (exact) mass is 559 g/mol. The predicted molar refractivity (Wildman–Crippen MR) is 154 cm³/mol. The van der Waals surface area contributed by atoms with Crippen LogP contribution in [0.4, 0.5) is 11.4 Å². The lowest BCUT2D eigenvalue weighted by molar-refractivity contribution is -0.143. The van der Waals surface area contributed by atoms with Gasteiger partial charge in [0, 0.05) is 35.9 Å². The lowest BCUT2D eigenvalue weighted by Crippen LogP contribution is -2.37. The number of carbonyl (C=O) groups excluding carboxylic acids is 4. The number of ether oxygens (including phenoxy) is 1. The smallest absolute Gasteiger partial charge is 0.308 e. The molecule has 10 nitrogen and oxygen atoms in total. The maximum absolute atomic E-state index is 13.2. The Balaban J connectivity index is 1.38. The van der Waals surface area contributed by atoms with E-state index in [1.165, 1.54) is 0 Å². The SMILES string of the molecule is CCOC(=O)CC(NC(=O)CC(=O)N1CCc2ccc(NC(=S)NC(=O)c3ccccc3)cc21)c1cccnc1. The molecule has 3 N–H and O–H groups in total. The Morgan fingerprint density at radius 3 is 2.60 bits per heavy atom. The maximum Gasteiger partial charge on any atom is 0.308 e. The molecule has 3 amide bonds. The van der Waals surface area contributed by atoms with E-state index in [9.17, 15) is 19.2 Å². The molecule has 0 radical (unpaired) electrons. The molecular formula is C29H29N5O5S. The van der Waals surface area contributed by atoms with E-state index in [0.29, 0.717) is 35.5 Å². The number of benzene rings is 2. The summed E-state index contributed by atoms with van der Waals surface area (Å²) < 4.78 is 5.04. The average Bonchev–Trinajstić information content (AvgIpc) is 3.37. The molecule has 206 valence electrons. The summed E-state index contributed by atoms with van der Waals surface area (Å²) in [6.07, 6.45) is 3.31. The molecule has 4 rings (SSSR count). The Bertz CT molecular complexity index is 1400. The molecule has 1 aromatic heterocycles. The molecule has 1 atom stereocenters. The lowest BCUT2D eigenvalue weighted by atomic mass is 10.1. The molecule has 1 aliphatic heterocycles. The zero-order chi connectivity index (χ0) is 28.5. The fraction of sp³-hybridized carbons (Fsp3) is 0.241. The van der Waals surface area contributed by atoms with Gasteiger partial charge in [-0.15, -0.1) is 0 Å². The summed E-state index contributed by atoms with van der Waals surface area (Å²) in [6.45, 7) is 2.35. The van der Waals surface area contributed by atoms with Crippen LogP contribution in [0.3, 0.4) is 0 Å². The first-order valence-corrected chi connectivity index (χ1v) is 13.2. The van der Waals surface area contributed by atoms with Crippen molar-refractivity contribution in [3.05, 3.63) is 89.7 Å². The number of aromatic nitrogens is 1. The second kappa shape index (κ2) is 13.4. The third-order valence-corrected chi connectivity index (χ3v) is 6.42. The van der Waals surface area contributed by atoms with E-state index >= 15 is 0 Å². The fourth-order valence-electron chi connectivity index (χ4n) is 4.34. The van der Waals surface area contributed by atoms with Gasteiger partial charge >= 0.3 is 5.97 Å². The topological polar surface area (TPSA) is 130 Å². The van der Waals surface area contributed by atoms with Crippen LogP contribution in [-0.2, 0) is 25.5 Å². The number of hydrogen-bond acceptors (Lipinski definition) is 7. The minimum absolute atomic E-state index is 0.0816.